The minimum atomic E-state index is -0.0337. The normalized spacial score (nSPS) is 12.4. The molecule has 148 valence electrons. The smallest absolute Gasteiger partial charge is 0.273 e. The molecule has 1 atom stereocenters. The van der Waals surface area contributed by atoms with E-state index in [4.69, 9.17) is 0 Å². The van der Waals surface area contributed by atoms with Crippen molar-refractivity contribution in [3.05, 3.63) is 67.6 Å². The van der Waals surface area contributed by atoms with E-state index in [2.05, 4.69) is 55.0 Å². The highest BCUT2D eigenvalue weighted by Crippen LogP contribution is 2.32. The molecule has 0 unspecified atom stereocenters. The van der Waals surface area contributed by atoms with E-state index in [0.29, 0.717) is 11.6 Å². The van der Waals surface area contributed by atoms with E-state index in [1.54, 1.807) is 27.6 Å². The Labute approximate surface area is 175 Å². The summed E-state index contributed by atoms with van der Waals surface area (Å²) in [7, 11) is 1.85. The molecule has 3 aromatic rings. The van der Waals surface area contributed by atoms with Crippen molar-refractivity contribution in [2.75, 3.05) is 7.05 Å². The van der Waals surface area contributed by atoms with E-state index >= 15 is 0 Å². The van der Waals surface area contributed by atoms with Gasteiger partial charge in [-0.3, -0.25) is 4.79 Å². The van der Waals surface area contributed by atoms with Crippen molar-refractivity contribution in [3.63, 3.8) is 0 Å². The van der Waals surface area contributed by atoms with E-state index < -0.39 is 0 Å². The number of aryl methyl sites for hydroxylation is 3. The summed E-state index contributed by atoms with van der Waals surface area (Å²) >= 11 is 3.27. The van der Waals surface area contributed by atoms with Gasteiger partial charge in [0.05, 0.1) is 21.8 Å². The monoisotopic (exact) mass is 413 g/mol. The first-order valence-corrected chi connectivity index (χ1v) is 11.3. The van der Waals surface area contributed by atoms with Gasteiger partial charge in [0.2, 0.25) is 0 Å². The van der Waals surface area contributed by atoms with Crippen molar-refractivity contribution in [1.82, 2.24) is 14.9 Å². The number of benzene rings is 1. The molecular weight excluding hydrogens is 386 g/mol. The van der Waals surface area contributed by atoms with Crippen LogP contribution in [-0.2, 0) is 12.8 Å². The summed E-state index contributed by atoms with van der Waals surface area (Å²) in [5.74, 6) is 0.366. The summed E-state index contributed by atoms with van der Waals surface area (Å²) < 4.78 is 0. The van der Waals surface area contributed by atoms with Crippen LogP contribution in [0.1, 0.15) is 69.4 Å². The number of hydrogen-bond acceptors (Lipinski definition) is 5. The predicted octanol–water partition coefficient (Wildman–Crippen LogP) is 5.65. The van der Waals surface area contributed by atoms with Crippen molar-refractivity contribution >= 4 is 28.6 Å². The van der Waals surface area contributed by atoms with E-state index in [9.17, 15) is 4.79 Å². The number of carbonyl (C=O) groups excluding carboxylic acids is 1. The van der Waals surface area contributed by atoms with Crippen molar-refractivity contribution in [2.24, 2.45) is 0 Å². The van der Waals surface area contributed by atoms with E-state index in [1.165, 1.54) is 5.56 Å². The van der Waals surface area contributed by atoms with Gasteiger partial charge in [-0.05, 0) is 25.8 Å². The van der Waals surface area contributed by atoms with Crippen LogP contribution in [0.4, 0.5) is 0 Å². The quantitative estimate of drug-likeness (QED) is 0.503. The molecule has 0 N–H and O–H groups in total. The van der Waals surface area contributed by atoms with Crippen LogP contribution in [-0.4, -0.2) is 27.8 Å². The number of nitrogens with zero attached hydrogens (tertiary/aromatic N) is 3. The molecule has 0 saturated carbocycles. The van der Waals surface area contributed by atoms with Gasteiger partial charge in [-0.1, -0.05) is 44.2 Å². The predicted molar refractivity (Wildman–Crippen MR) is 117 cm³/mol. The van der Waals surface area contributed by atoms with Crippen LogP contribution < -0.4 is 0 Å². The number of aromatic nitrogens is 2. The lowest BCUT2D eigenvalue weighted by molar-refractivity contribution is 0.0739. The van der Waals surface area contributed by atoms with E-state index in [-0.39, 0.29) is 11.9 Å². The van der Waals surface area contributed by atoms with Crippen molar-refractivity contribution in [3.8, 4) is 0 Å². The van der Waals surface area contributed by atoms with Gasteiger partial charge in [0.15, 0.2) is 0 Å². The number of thiazole rings is 2. The van der Waals surface area contributed by atoms with Gasteiger partial charge >= 0.3 is 0 Å². The molecule has 0 spiro atoms. The van der Waals surface area contributed by atoms with Crippen LogP contribution >= 0.6 is 22.7 Å². The average molecular weight is 414 g/mol. The summed E-state index contributed by atoms with van der Waals surface area (Å²) in [6, 6.07) is 10.3. The third-order valence-corrected chi connectivity index (χ3v) is 7.40. The topological polar surface area (TPSA) is 46.1 Å². The third-order valence-electron chi connectivity index (χ3n) is 4.86. The molecule has 0 fully saturated rings. The van der Waals surface area contributed by atoms with Crippen LogP contribution in [0.15, 0.2) is 35.7 Å². The van der Waals surface area contributed by atoms with Crippen LogP contribution in [0, 0.1) is 6.92 Å². The van der Waals surface area contributed by atoms with Crippen molar-refractivity contribution in [2.45, 2.75) is 52.5 Å². The van der Waals surface area contributed by atoms with Gasteiger partial charge in [0.25, 0.3) is 5.91 Å². The highest BCUT2D eigenvalue weighted by Gasteiger charge is 2.25. The standard InChI is InChI=1S/C22H27N3OS2/c1-14(2)21-23-15(3)20(28-21)16(4)25(5)22(26)18-13-27-19(24-18)12-11-17-9-7-6-8-10-17/h6-10,13-14,16H,11-12H2,1-5H3/t16-/m0/s1. The lowest BCUT2D eigenvalue weighted by Gasteiger charge is -2.23. The molecular formula is C22H27N3OS2. The second-order valence-electron chi connectivity index (χ2n) is 7.36. The zero-order chi connectivity index (χ0) is 20.3. The second kappa shape index (κ2) is 8.97. The zero-order valence-electron chi connectivity index (χ0n) is 17.1. The number of amides is 1. The fourth-order valence-electron chi connectivity index (χ4n) is 3.02. The highest BCUT2D eigenvalue weighted by atomic mass is 32.1. The number of hydrogen-bond donors (Lipinski definition) is 0. The molecule has 0 saturated heterocycles. The van der Waals surface area contributed by atoms with Crippen LogP contribution in [0.5, 0.6) is 0 Å². The molecule has 3 rings (SSSR count). The third kappa shape index (κ3) is 4.67. The van der Waals surface area contributed by atoms with E-state index in [0.717, 1.165) is 33.4 Å². The summed E-state index contributed by atoms with van der Waals surface area (Å²) in [5, 5.41) is 4.01. The molecule has 2 aromatic heterocycles. The van der Waals surface area contributed by atoms with Gasteiger partial charge in [0.1, 0.15) is 5.69 Å². The zero-order valence-corrected chi connectivity index (χ0v) is 18.7. The molecule has 0 bridgehead atoms. The summed E-state index contributed by atoms with van der Waals surface area (Å²) in [6.07, 6.45) is 1.79. The molecule has 2 heterocycles. The lowest BCUT2D eigenvalue weighted by atomic mass is 10.1. The SMILES string of the molecule is Cc1nc(C(C)C)sc1[C@H](C)N(C)C(=O)c1csc(CCc2ccccc2)n1. The van der Waals surface area contributed by atoms with Crippen LogP contribution in [0.2, 0.25) is 0 Å². The Kier molecular flexibility index (Phi) is 6.62. The first-order valence-electron chi connectivity index (χ1n) is 9.59. The maximum absolute atomic E-state index is 13.0. The first kappa shape index (κ1) is 20.7. The highest BCUT2D eigenvalue weighted by molar-refractivity contribution is 7.12. The maximum Gasteiger partial charge on any atom is 0.273 e. The number of carbonyl (C=O) groups is 1. The van der Waals surface area contributed by atoms with Gasteiger partial charge < -0.3 is 4.90 Å². The summed E-state index contributed by atoms with van der Waals surface area (Å²) in [5.41, 5.74) is 2.84. The Balaban J connectivity index is 1.67. The maximum atomic E-state index is 13.0. The van der Waals surface area contributed by atoms with Gasteiger partial charge in [0, 0.05) is 29.6 Å². The summed E-state index contributed by atoms with van der Waals surface area (Å²) in [6.45, 7) is 8.38. The van der Waals surface area contributed by atoms with Crippen molar-refractivity contribution < 1.29 is 4.79 Å². The Bertz CT molecular complexity index is 930. The van der Waals surface area contributed by atoms with Crippen LogP contribution in [0.3, 0.4) is 0 Å². The fourth-order valence-corrected chi connectivity index (χ4v) is 4.95. The van der Waals surface area contributed by atoms with Gasteiger partial charge in [-0.25, -0.2) is 9.97 Å². The molecule has 0 radical (unpaired) electrons. The Morgan fingerprint density at radius 3 is 2.46 bits per heavy atom. The molecule has 28 heavy (non-hydrogen) atoms. The average Bonchev–Trinajstić information content (AvgIpc) is 3.32. The largest absolute Gasteiger partial charge is 0.333 e. The molecule has 0 aliphatic rings. The fraction of sp³-hybridized carbons (Fsp3) is 0.409. The summed E-state index contributed by atoms with van der Waals surface area (Å²) in [4.78, 5) is 25.1. The van der Waals surface area contributed by atoms with Gasteiger partial charge in [-0.2, -0.15) is 0 Å². The molecule has 1 aromatic carbocycles. The second-order valence-corrected chi connectivity index (χ2v) is 9.37. The van der Waals surface area contributed by atoms with E-state index in [1.807, 2.05) is 25.4 Å². The Morgan fingerprint density at radius 2 is 1.82 bits per heavy atom. The molecule has 6 heteroatoms. The van der Waals surface area contributed by atoms with Crippen molar-refractivity contribution in [1.29, 1.82) is 0 Å². The Hall–Kier alpha value is -2.05. The molecule has 0 aliphatic carbocycles. The first-order chi connectivity index (χ1) is 13.4. The number of rotatable bonds is 7. The molecule has 4 nitrogen and oxygen atoms in total. The van der Waals surface area contributed by atoms with Gasteiger partial charge in [-0.15, -0.1) is 22.7 Å². The minimum Gasteiger partial charge on any atom is -0.333 e. The van der Waals surface area contributed by atoms with Crippen LogP contribution in [0.25, 0.3) is 0 Å². The lowest BCUT2D eigenvalue weighted by Crippen LogP contribution is -2.29. The Morgan fingerprint density at radius 1 is 1.11 bits per heavy atom. The molecule has 1 amide bonds. The minimum absolute atomic E-state index is 0.0213. The molecule has 0 aliphatic heterocycles.